The molecule has 0 aliphatic rings. The minimum Gasteiger partial charge on any atom is -0.475 e. The average Bonchev–Trinajstić information content (AvgIpc) is 1.98. The molecule has 0 amide bonds. The number of halogens is 3. The maximum atomic E-state index is 10.6. The fourth-order valence-electron chi connectivity index (χ4n) is 0.230. The van der Waals surface area contributed by atoms with Crippen LogP contribution in [-0.2, 0) is 14.6 Å². The van der Waals surface area contributed by atoms with Crippen molar-refractivity contribution in [3.8, 4) is 0 Å². The van der Waals surface area contributed by atoms with E-state index in [-0.39, 0.29) is 6.54 Å². The molecule has 0 saturated heterocycles. The topological polar surface area (TPSA) is 97.5 Å². The number of hydrogen-bond acceptors (Lipinski definition) is 4. The molecule has 0 aromatic rings. The SMILES string of the molecule is CS(=O)(=O)/C=C/CN.O=C(O)C(F)(F)F. The molecule has 0 aliphatic heterocycles. The van der Waals surface area contributed by atoms with Crippen LogP contribution in [0.15, 0.2) is 11.5 Å². The molecule has 0 aromatic heterocycles. The van der Waals surface area contributed by atoms with Gasteiger partial charge in [-0.1, -0.05) is 6.08 Å². The van der Waals surface area contributed by atoms with Crippen LogP contribution in [0, 0.1) is 0 Å². The highest BCUT2D eigenvalue weighted by Gasteiger charge is 2.38. The van der Waals surface area contributed by atoms with Gasteiger partial charge in [0.25, 0.3) is 0 Å². The van der Waals surface area contributed by atoms with E-state index in [2.05, 4.69) is 0 Å². The molecule has 0 bridgehead atoms. The lowest BCUT2D eigenvalue weighted by molar-refractivity contribution is -0.192. The van der Waals surface area contributed by atoms with Crippen molar-refractivity contribution < 1.29 is 31.5 Å². The van der Waals surface area contributed by atoms with Crippen LogP contribution < -0.4 is 5.73 Å². The molecule has 0 rings (SSSR count). The lowest BCUT2D eigenvalue weighted by Crippen LogP contribution is -2.21. The molecule has 0 aliphatic carbocycles. The predicted octanol–water partition coefficient (Wildman–Crippen LogP) is 0.137. The van der Waals surface area contributed by atoms with E-state index in [4.69, 9.17) is 15.6 Å². The van der Waals surface area contributed by atoms with Gasteiger partial charge < -0.3 is 10.8 Å². The number of nitrogens with two attached hydrogens (primary N) is 1. The Morgan fingerprint density at radius 3 is 1.87 bits per heavy atom. The minimum atomic E-state index is -5.08. The van der Waals surface area contributed by atoms with Crippen LogP contribution in [0.25, 0.3) is 0 Å². The molecule has 0 spiro atoms. The predicted molar refractivity (Wildman–Crippen MR) is 46.7 cm³/mol. The fourth-order valence-corrected chi connectivity index (χ4v) is 0.691. The Hall–Kier alpha value is -1.09. The Labute approximate surface area is 84.3 Å². The van der Waals surface area contributed by atoms with E-state index >= 15 is 0 Å². The van der Waals surface area contributed by atoms with E-state index in [1.54, 1.807) is 0 Å². The van der Waals surface area contributed by atoms with Gasteiger partial charge in [0.15, 0.2) is 9.84 Å². The zero-order valence-corrected chi connectivity index (χ0v) is 8.47. The van der Waals surface area contributed by atoms with E-state index in [9.17, 15) is 21.6 Å². The quantitative estimate of drug-likeness (QED) is 0.725. The molecule has 0 fully saturated rings. The molecule has 9 heteroatoms. The number of aliphatic carboxylic acids is 1. The number of sulfone groups is 1. The van der Waals surface area contributed by atoms with Gasteiger partial charge in [0.1, 0.15) is 0 Å². The zero-order valence-electron chi connectivity index (χ0n) is 7.65. The minimum absolute atomic E-state index is 0.271. The van der Waals surface area contributed by atoms with E-state index in [1.807, 2.05) is 0 Å². The van der Waals surface area contributed by atoms with Crippen molar-refractivity contribution in [2.45, 2.75) is 6.18 Å². The highest BCUT2D eigenvalue weighted by molar-refractivity contribution is 7.93. The van der Waals surface area contributed by atoms with Crippen molar-refractivity contribution in [3.05, 3.63) is 11.5 Å². The van der Waals surface area contributed by atoms with Crippen LogP contribution in [-0.4, -0.2) is 38.5 Å². The lowest BCUT2D eigenvalue weighted by atomic mass is 10.7. The summed E-state index contributed by atoms with van der Waals surface area (Å²) < 4.78 is 52.2. The van der Waals surface area contributed by atoms with E-state index in [1.165, 1.54) is 6.08 Å². The van der Waals surface area contributed by atoms with E-state index in [0.29, 0.717) is 0 Å². The molecule has 0 unspecified atom stereocenters. The monoisotopic (exact) mass is 249 g/mol. The van der Waals surface area contributed by atoms with Gasteiger partial charge in [-0.25, -0.2) is 13.2 Å². The van der Waals surface area contributed by atoms with E-state index < -0.39 is 22.0 Å². The first-order chi connectivity index (χ1) is 6.50. The summed E-state index contributed by atoms with van der Waals surface area (Å²) in [5, 5.41) is 8.22. The first-order valence-corrected chi connectivity index (χ1v) is 5.33. The number of carboxylic acids is 1. The largest absolute Gasteiger partial charge is 0.490 e. The van der Waals surface area contributed by atoms with Crippen LogP contribution in [0.3, 0.4) is 0 Å². The number of carbonyl (C=O) groups is 1. The summed E-state index contributed by atoms with van der Waals surface area (Å²) in [5.41, 5.74) is 4.98. The molecule has 0 radical (unpaired) electrons. The van der Waals surface area contributed by atoms with Crippen LogP contribution in [0.5, 0.6) is 0 Å². The van der Waals surface area contributed by atoms with Gasteiger partial charge >= 0.3 is 12.1 Å². The van der Waals surface area contributed by atoms with Gasteiger partial charge in [0, 0.05) is 18.2 Å². The number of hydrogen-bond donors (Lipinski definition) is 2. The molecule has 5 nitrogen and oxygen atoms in total. The highest BCUT2D eigenvalue weighted by atomic mass is 32.2. The maximum Gasteiger partial charge on any atom is 0.490 e. The second kappa shape index (κ2) is 6.40. The van der Waals surface area contributed by atoms with Crippen LogP contribution in [0.1, 0.15) is 0 Å². The van der Waals surface area contributed by atoms with Gasteiger partial charge in [-0.3, -0.25) is 0 Å². The summed E-state index contributed by atoms with van der Waals surface area (Å²) in [5.74, 6) is -2.76. The lowest BCUT2D eigenvalue weighted by Gasteiger charge is -1.93. The summed E-state index contributed by atoms with van der Waals surface area (Å²) in [4.78, 5) is 8.90. The molecule has 0 aromatic carbocycles. The molecular formula is C6H10F3NO4S. The average molecular weight is 249 g/mol. The summed E-state index contributed by atoms with van der Waals surface area (Å²) in [7, 11) is -2.95. The number of carboxylic acid groups (broad SMARTS) is 1. The van der Waals surface area contributed by atoms with Crippen LogP contribution >= 0.6 is 0 Å². The molecule has 3 N–H and O–H groups in total. The molecule has 0 atom stereocenters. The molecule has 0 heterocycles. The fraction of sp³-hybridized carbons (Fsp3) is 0.500. The summed E-state index contributed by atoms with van der Waals surface area (Å²) in [6.45, 7) is 0.271. The standard InChI is InChI=1S/C4H9NO2S.C2HF3O2/c1-8(6,7)4-2-3-5;3-2(4,5)1(6)7/h2,4H,3,5H2,1H3;(H,6,7)/b4-2+;. The van der Waals surface area contributed by atoms with Crippen molar-refractivity contribution in [2.75, 3.05) is 12.8 Å². The van der Waals surface area contributed by atoms with Crippen molar-refractivity contribution >= 4 is 15.8 Å². The van der Waals surface area contributed by atoms with Crippen LogP contribution in [0.4, 0.5) is 13.2 Å². The third kappa shape index (κ3) is 15.6. The third-order valence-corrected chi connectivity index (χ3v) is 1.41. The molecule has 15 heavy (non-hydrogen) atoms. The van der Waals surface area contributed by atoms with Gasteiger partial charge in [-0.2, -0.15) is 13.2 Å². The van der Waals surface area contributed by atoms with Crippen LogP contribution in [0.2, 0.25) is 0 Å². The Kier molecular flexibility index (Phi) is 6.98. The second-order valence-corrected chi connectivity index (χ2v) is 4.17. The summed E-state index contributed by atoms with van der Waals surface area (Å²) in [6.07, 6.45) is -2.56. The van der Waals surface area contributed by atoms with Crippen molar-refractivity contribution in [1.29, 1.82) is 0 Å². The Morgan fingerprint density at radius 1 is 1.47 bits per heavy atom. The normalized spacial score (nSPS) is 12.1. The van der Waals surface area contributed by atoms with Gasteiger partial charge in [0.2, 0.25) is 0 Å². The summed E-state index contributed by atoms with van der Waals surface area (Å²) in [6, 6.07) is 0. The smallest absolute Gasteiger partial charge is 0.475 e. The molecule has 0 saturated carbocycles. The van der Waals surface area contributed by atoms with Gasteiger partial charge in [0.05, 0.1) is 0 Å². The van der Waals surface area contributed by atoms with Crippen molar-refractivity contribution in [2.24, 2.45) is 5.73 Å². The zero-order chi connectivity index (χ0) is 12.7. The third-order valence-electron chi connectivity index (χ3n) is 0.722. The van der Waals surface area contributed by atoms with Crippen molar-refractivity contribution in [1.82, 2.24) is 0 Å². The maximum absolute atomic E-state index is 10.6. The first-order valence-electron chi connectivity index (χ1n) is 3.37. The summed E-state index contributed by atoms with van der Waals surface area (Å²) >= 11 is 0. The van der Waals surface area contributed by atoms with Gasteiger partial charge in [-0.15, -0.1) is 0 Å². The number of rotatable bonds is 2. The molecule has 90 valence electrons. The first kappa shape index (κ1) is 16.3. The molecular weight excluding hydrogens is 239 g/mol. The Balaban J connectivity index is 0. The van der Waals surface area contributed by atoms with Gasteiger partial charge in [-0.05, 0) is 0 Å². The Morgan fingerprint density at radius 2 is 1.80 bits per heavy atom. The Bertz CT molecular complexity index is 320. The number of alkyl halides is 3. The second-order valence-electron chi connectivity index (χ2n) is 2.24. The van der Waals surface area contributed by atoms with E-state index in [0.717, 1.165) is 11.7 Å². The highest BCUT2D eigenvalue weighted by Crippen LogP contribution is 2.13. The van der Waals surface area contributed by atoms with Crippen molar-refractivity contribution in [3.63, 3.8) is 0 Å².